The Labute approximate surface area is 117 Å². The summed E-state index contributed by atoms with van der Waals surface area (Å²) in [5.41, 5.74) is 3.33. The minimum Gasteiger partial charge on any atom is -0.192 e. The standard InChI is InChI=1S/C19H13N/c1-2-12-10-13-6-5-9-16-14-7-3-4-8-15(14)17(11-20)18(12)19(13)16/h2-9,12H,1,10H2. The van der Waals surface area contributed by atoms with E-state index in [-0.39, 0.29) is 5.92 Å². The van der Waals surface area contributed by atoms with Gasteiger partial charge in [0.2, 0.25) is 0 Å². The third-order valence-electron chi connectivity index (χ3n) is 4.38. The number of nitriles is 1. The molecule has 94 valence electrons. The van der Waals surface area contributed by atoms with Gasteiger partial charge in [-0.3, -0.25) is 0 Å². The first-order chi connectivity index (χ1) is 9.85. The molecule has 20 heavy (non-hydrogen) atoms. The number of fused-ring (bicyclic) bond motifs is 2. The molecule has 0 spiro atoms. The Morgan fingerprint density at radius 2 is 1.80 bits per heavy atom. The average Bonchev–Trinajstić information content (AvgIpc) is 2.88. The molecule has 0 radical (unpaired) electrons. The largest absolute Gasteiger partial charge is 0.192 e. The van der Waals surface area contributed by atoms with E-state index < -0.39 is 0 Å². The van der Waals surface area contributed by atoms with Crippen molar-refractivity contribution in [1.29, 1.82) is 5.26 Å². The maximum absolute atomic E-state index is 9.66. The SMILES string of the molecule is C=CC1Cc2cccc3c2c1c(C#N)c1ccccc13. The van der Waals surface area contributed by atoms with Crippen LogP contribution in [0.4, 0.5) is 0 Å². The lowest BCUT2D eigenvalue weighted by Crippen LogP contribution is -1.95. The molecule has 0 heterocycles. The zero-order valence-corrected chi connectivity index (χ0v) is 11.1. The van der Waals surface area contributed by atoms with Gasteiger partial charge >= 0.3 is 0 Å². The van der Waals surface area contributed by atoms with Crippen LogP contribution in [0.15, 0.2) is 55.1 Å². The maximum atomic E-state index is 9.66. The lowest BCUT2D eigenvalue weighted by atomic mass is 9.90. The van der Waals surface area contributed by atoms with Gasteiger partial charge in [-0.25, -0.2) is 0 Å². The van der Waals surface area contributed by atoms with Gasteiger partial charge in [0.1, 0.15) is 6.07 Å². The second-order valence-corrected chi connectivity index (χ2v) is 5.33. The van der Waals surface area contributed by atoms with Crippen LogP contribution in [0.25, 0.3) is 21.5 Å². The average molecular weight is 255 g/mol. The molecule has 1 atom stereocenters. The quantitative estimate of drug-likeness (QED) is 0.457. The van der Waals surface area contributed by atoms with E-state index in [0.717, 1.165) is 17.4 Å². The van der Waals surface area contributed by atoms with Gasteiger partial charge in [-0.1, -0.05) is 48.5 Å². The van der Waals surface area contributed by atoms with Crippen molar-refractivity contribution in [2.45, 2.75) is 12.3 Å². The van der Waals surface area contributed by atoms with Crippen molar-refractivity contribution < 1.29 is 0 Å². The van der Waals surface area contributed by atoms with Crippen LogP contribution in [0.5, 0.6) is 0 Å². The van der Waals surface area contributed by atoms with Gasteiger partial charge in [-0.15, -0.1) is 6.58 Å². The van der Waals surface area contributed by atoms with Crippen molar-refractivity contribution >= 4 is 21.5 Å². The molecule has 0 bridgehead atoms. The fraction of sp³-hybridized carbons (Fsp3) is 0.105. The summed E-state index contributed by atoms with van der Waals surface area (Å²) >= 11 is 0. The first kappa shape index (κ1) is 11.3. The van der Waals surface area contributed by atoms with E-state index in [9.17, 15) is 5.26 Å². The Bertz CT molecular complexity index is 912. The fourth-order valence-corrected chi connectivity index (χ4v) is 3.55. The van der Waals surface area contributed by atoms with E-state index in [4.69, 9.17) is 0 Å². The van der Waals surface area contributed by atoms with Crippen LogP contribution in [-0.2, 0) is 6.42 Å². The van der Waals surface area contributed by atoms with Crippen LogP contribution >= 0.6 is 0 Å². The van der Waals surface area contributed by atoms with E-state index in [1.54, 1.807) is 0 Å². The molecule has 1 aliphatic rings. The number of allylic oxidation sites excluding steroid dienone is 1. The number of nitrogens with zero attached hydrogens (tertiary/aromatic N) is 1. The molecular weight excluding hydrogens is 242 g/mol. The third-order valence-corrected chi connectivity index (χ3v) is 4.38. The molecular formula is C19H13N. The molecule has 3 aromatic carbocycles. The molecule has 0 amide bonds. The van der Waals surface area contributed by atoms with Crippen LogP contribution < -0.4 is 0 Å². The Balaban J connectivity index is 2.35. The molecule has 0 aromatic heterocycles. The molecule has 0 saturated heterocycles. The van der Waals surface area contributed by atoms with E-state index in [1.165, 1.54) is 27.3 Å². The van der Waals surface area contributed by atoms with E-state index in [2.05, 4.69) is 43.0 Å². The number of hydrogen-bond donors (Lipinski definition) is 0. The predicted octanol–water partition coefficient (Wildman–Crippen LogP) is 4.69. The van der Waals surface area contributed by atoms with Crippen LogP contribution in [0.2, 0.25) is 0 Å². The highest BCUT2D eigenvalue weighted by Gasteiger charge is 2.27. The minimum atomic E-state index is 0.258. The predicted molar refractivity (Wildman–Crippen MR) is 82.8 cm³/mol. The Morgan fingerprint density at radius 1 is 1.05 bits per heavy atom. The van der Waals surface area contributed by atoms with Gasteiger partial charge in [0.05, 0.1) is 5.56 Å². The van der Waals surface area contributed by atoms with Gasteiger partial charge in [-0.05, 0) is 33.7 Å². The smallest absolute Gasteiger partial charge is 0.100 e. The number of benzene rings is 3. The van der Waals surface area contributed by atoms with Crippen LogP contribution in [-0.4, -0.2) is 0 Å². The molecule has 4 rings (SSSR count). The molecule has 1 aliphatic carbocycles. The highest BCUT2D eigenvalue weighted by Crippen LogP contribution is 2.44. The van der Waals surface area contributed by atoms with Gasteiger partial charge in [0, 0.05) is 11.3 Å². The maximum Gasteiger partial charge on any atom is 0.100 e. The van der Waals surface area contributed by atoms with E-state index in [1.807, 2.05) is 18.2 Å². The van der Waals surface area contributed by atoms with Gasteiger partial charge in [0.25, 0.3) is 0 Å². The first-order valence-corrected chi connectivity index (χ1v) is 6.84. The summed E-state index contributed by atoms with van der Waals surface area (Å²) in [5, 5.41) is 14.4. The molecule has 0 N–H and O–H groups in total. The lowest BCUT2D eigenvalue weighted by Gasteiger charge is -2.12. The van der Waals surface area contributed by atoms with Crippen molar-refractivity contribution in [2.75, 3.05) is 0 Å². The van der Waals surface area contributed by atoms with Crippen molar-refractivity contribution in [3.8, 4) is 6.07 Å². The summed E-state index contributed by atoms with van der Waals surface area (Å²) in [6, 6.07) is 17.1. The van der Waals surface area contributed by atoms with Crippen molar-refractivity contribution in [1.82, 2.24) is 0 Å². The van der Waals surface area contributed by atoms with Gasteiger partial charge in [0.15, 0.2) is 0 Å². The van der Waals surface area contributed by atoms with E-state index in [0.29, 0.717) is 0 Å². The summed E-state index contributed by atoms with van der Waals surface area (Å²) in [5.74, 6) is 0.258. The summed E-state index contributed by atoms with van der Waals surface area (Å²) in [6.07, 6.45) is 2.94. The highest BCUT2D eigenvalue weighted by molar-refractivity contribution is 6.13. The second-order valence-electron chi connectivity index (χ2n) is 5.33. The van der Waals surface area contributed by atoms with Crippen molar-refractivity contribution in [2.24, 2.45) is 0 Å². The second kappa shape index (κ2) is 3.95. The zero-order valence-electron chi connectivity index (χ0n) is 11.1. The topological polar surface area (TPSA) is 23.8 Å². The molecule has 0 saturated carbocycles. The first-order valence-electron chi connectivity index (χ1n) is 6.84. The van der Waals surface area contributed by atoms with Crippen molar-refractivity contribution in [3.05, 3.63) is 71.8 Å². The Kier molecular flexibility index (Phi) is 2.22. The minimum absolute atomic E-state index is 0.258. The monoisotopic (exact) mass is 255 g/mol. The van der Waals surface area contributed by atoms with E-state index >= 15 is 0 Å². The molecule has 0 fully saturated rings. The fourth-order valence-electron chi connectivity index (χ4n) is 3.55. The number of hydrogen-bond acceptors (Lipinski definition) is 1. The van der Waals surface area contributed by atoms with Gasteiger partial charge in [-0.2, -0.15) is 5.26 Å². The summed E-state index contributed by atoms with van der Waals surface area (Å²) in [7, 11) is 0. The molecule has 1 unspecified atom stereocenters. The molecule has 1 nitrogen and oxygen atoms in total. The van der Waals surface area contributed by atoms with Gasteiger partial charge < -0.3 is 0 Å². The lowest BCUT2D eigenvalue weighted by molar-refractivity contribution is 0.884. The van der Waals surface area contributed by atoms with Crippen LogP contribution in [0.3, 0.4) is 0 Å². The number of rotatable bonds is 1. The zero-order chi connectivity index (χ0) is 13.7. The highest BCUT2D eigenvalue weighted by atomic mass is 14.3. The van der Waals surface area contributed by atoms with Crippen molar-refractivity contribution in [3.63, 3.8) is 0 Å². The van der Waals surface area contributed by atoms with Crippen LogP contribution in [0, 0.1) is 11.3 Å². The molecule has 1 heteroatoms. The summed E-state index contributed by atoms with van der Waals surface area (Å²) < 4.78 is 0. The van der Waals surface area contributed by atoms with Crippen LogP contribution in [0.1, 0.15) is 22.6 Å². The third kappa shape index (κ3) is 1.26. The molecule has 0 aliphatic heterocycles. The normalized spacial score (nSPS) is 16.4. The summed E-state index contributed by atoms with van der Waals surface area (Å²) in [6.45, 7) is 3.96. The summed E-state index contributed by atoms with van der Waals surface area (Å²) in [4.78, 5) is 0. The Hall–Kier alpha value is -2.59. The molecule has 3 aromatic rings. The Morgan fingerprint density at radius 3 is 2.55 bits per heavy atom.